The van der Waals surface area contributed by atoms with Crippen LogP contribution >= 0.6 is 0 Å². The molecule has 0 aliphatic carbocycles. The van der Waals surface area contributed by atoms with Crippen molar-refractivity contribution in [2.75, 3.05) is 18.1 Å². The zero-order chi connectivity index (χ0) is 23.6. The summed E-state index contributed by atoms with van der Waals surface area (Å²) in [6.07, 6.45) is 1.41. The van der Waals surface area contributed by atoms with Crippen molar-refractivity contribution in [2.24, 2.45) is 5.10 Å². The molecular weight excluding hydrogens is 462 g/mol. The summed E-state index contributed by atoms with van der Waals surface area (Å²) in [5, 5.41) is 4.50. The number of rotatable bonds is 7. The van der Waals surface area contributed by atoms with Crippen LogP contribution in [0.1, 0.15) is 23.6 Å². The molecule has 0 spiro atoms. The fraction of sp³-hybridized carbons (Fsp3) is 0.174. The summed E-state index contributed by atoms with van der Waals surface area (Å²) in [5.41, 5.74) is 2.36. The molecule has 1 atom stereocenters. The minimum atomic E-state index is -3.96. The molecule has 1 aliphatic rings. The van der Waals surface area contributed by atoms with Gasteiger partial charge in [-0.3, -0.25) is 4.72 Å². The predicted octanol–water partition coefficient (Wildman–Crippen LogP) is 3.61. The maximum Gasteiger partial charge on any atom is 0.279 e. The molecule has 33 heavy (non-hydrogen) atoms. The number of sulfonamides is 2. The van der Waals surface area contributed by atoms with E-state index in [-0.39, 0.29) is 4.90 Å². The summed E-state index contributed by atoms with van der Waals surface area (Å²) in [7, 11) is -5.90. The summed E-state index contributed by atoms with van der Waals surface area (Å²) in [5.74, 6) is 0.550. The standard InChI is InChI=1S/C23H23N3O5S2/c1-31-20-11-13-21(14-12-20)33(29,30)26-23(17-7-4-3-5-8-17)16-22(24-26)18-9-6-10-19(15-18)25-32(2,27)28/h3-15,23,25H,16H2,1-2H3/t23-/m1/s1. The molecule has 1 N–H and O–H groups in total. The highest BCUT2D eigenvalue weighted by molar-refractivity contribution is 7.92. The van der Waals surface area contributed by atoms with Crippen LogP contribution in [0.5, 0.6) is 5.75 Å². The van der Waals surface area contributed by atoms with Crippen molar-refractivity contribution in [1.82, 2.24) is 4.41 Å². The Hall–Kier alpha value is -3.37. The van der Waals surface area contributed by atoms with Gasteiger partial charge in [0.15, 0.2) is 0 Å². The van der Waals surface area contributed by atoms with Gasteiger partial charge in [-0.25, -0.2) is 8.42 Å². The molecule has 3 aromatic rings. The number of hydrogen-bond donors (Lipinski definition) is 1. The Bertz CT molecular complexity index is 1390. The molecule has 172 valence electrons. The van der Waals surface area contributed by atoms with Crippen LogP contribution in [0, 0.1) is 0 Å². The Morgan fingerprint density at radius 2 is 1.64 bits per heavy atom. The van der Waals surface area contributed by atoms with Crippen LogP contribution in [-0.2, 0) is 20.0 Å². The SMILES string of the molecule is COc1ccc(S(=O)(=O)N2N=C(c3cccc(NS(C)(=O)=O)c3)C[C@@H]2c2ccccc2)cc1. The fourth-order valence-electron chi connectivity index (χ4n) is 3.64. The molecule has 0 saturated carbocycles. The van der Waals surface area contributed by atoms with Gasteiger partial charge in [0.25, 0.3) is 10.0 Å². The van der Waals surface area contributed by atoms with Crippen molar-refractivity contribution in [3.05, 3.63) is 90.0 Å². The Morgan fingerprint density at radius 1 is 0.939 bits per heavy atom. The predicted molar refractivity (Wildman–Crippen MR) is 127 cm³/mol. The number of anilines is 1. The molecule has 1 heterocycles. The number of ether oxygens (including phenoxy) is 1. The monoisotopic (exact) mass is 485 g/mol. The van der Waals surface area contributed by atoms with Crippen molar-refractivity contribution < 1.29 is 21.6 Å². The van der Waals surface area contributed by atoms with Crippen LogP contribution in [0.4, 0.5) is 5.69 Å². The smallest absolute Gasteiger partial charge is 0.279 e. The van der Waals surface area contributed by atoms with E-state index in [4.69, 9.17) is 4.74 Å². The first-order valence-corrected chi connectivity index (χ1v) is 13.4. The average molecular weight is 486 g/mol. The maximum atomic E-state index is 13.5. The number of hydrogen-bond acceptors (Lipinski definition) is 6. The van der Waals surface area contributed by atoms with Gasteiger partial charge in [-0.15, -0.1) is 0 Å². The Morgan fingerprint density at radius 3 is 2.27 bits per heavy atom. The van der Waals surface area contributed by atoms with Gasteiger partial charge in [0.05, 0.1) is 30.0 Å². The van der Waals surface area contributed by atoms with Crippen LogP contribution in [0.3, 0.4) is 0 Å². The van der Waals surface area contributed by atoms with Crippen molar-refractivity contribution in [3.8, 4) is 5.75 Å². The molecule has 0 fully saturated rings. The van der Waals surface area contributed by atoms with Crippen molar-refractivity contribution in [1.29, 1.82) is 0 Å². The number of nitrogens with zero attached hydrogens (tertiary/aromatic N) is 2. The second-order valence-corrected chi connectivity index (χ2v) is 11.1. The van der Waals surface area contributed by atoms with Crippen LogP contribution in [0.25, 0.3) is 0 Å². The van der Waals surface area contributed by atoms with E-state index in [1.54, 1.807) is 36.4 Å². The minimum Gasteiger partial charge on any atom is -0.497 e. The molecule has 0 bridgehead atoms. The first kappa shape index (κ1) is 22.8. The Balaban J connectivity index is 1.76. The highest BCUT2D eigenvalue weighted by Crippen LogP contribution is 2.37. The zero-order valence-corrected chi connectivity index (χ0v) is 19.7. The molecule has 0 amide bonds. The topological polar surface area (TPSA) is 105 Å². The molecule has 1 aliphatic heterocycles. The summed E-state index contributed by atoms with van der Waals surface area (Å²) < 4.78 is 59.0. The minimum absolute atomic E-state index is 0.0988. The van der Waals surface area contributed by atoms with Gasteiger partial charge in [0, 0.05) is 12.1 Å². The van der Waals surface area contributed by atoms with Crippen LogP contribution in [-0.4, -0.2) is 40.3 Å². The van der Waals surface area contributed by atoms with Crippen molar-refractivity contribution >= 4 is 31.4 Å². The maximum absolute atomic E-state index is 13.5. The highest BCUT2D eigenvalue weighted by atomic mass is 32.2. The molecule has 3 aromatic carbocycles. The second kappa shape index (κ2) is 8.87. The largest absolute Gasteiger partial charge is 0.497 e. The van der Waals surface area contributed by atoms with Crippen LogP contribution < -0.4 is 9.46 Å². The Labute approximate surface area is 193 Å². The first-order chi connectivity index (χ1) is 15.7. The van der Waals surface area contributed by atoms with E-state index in [2.05, 4.69) is 9.82 Å². The van der Waals surface area contributed by atoms with Gasteiger partial charge in [-0.1, -0.05) is 42.5 Å². The van der Waals surface area contributed by atoms with E-state index >= 15 is 0 Å². The van der Waals surface area contributed by atoms with Gasteiger partial charge in [0.1, 0.15) is 5.75 Å². The van der Waals surface area contributed by atoms with Crippen LogP contribution in [0.2, 0.25) is 0 Å². The van der Waals surface area contributed by atoms with Crippen LogP contribution in [0.15, 0.2) is 88.9 Å². The van der Waals surface area contributed by atoms with Crippen molar-refractivity contribution in [3.63, 3.8) is 0 Å². The number of hydrazone groups is 1. The number of benzene rings is 3. The van der Waals surface area contributed by atoms with Gasteiger partial charge < -0.3 is 4.74 Å². The van der Waals surface area contributed by atoms with E-state index in [1.807, 2.05) is 30.3 Å². The molecule has 10 heteroatoms. The summed E-state index contributed by atoms with van der Waals surface area (Å²) in [6, 6.07) is 21.6. The van der Waals surface area contributed by atoms with Gasteiger partial charge in [0.2, 0.25) is 10.0 Å². The van der Waals surface area contributed by atoms with Crippen molar-refractivity contribution in [2.45, 2.75) is 17.4 Å². The normalized spacial score (nSPS) is 16.4. The third kappa shape index (κ3) is 5.01. The van der Waals surface area contributed by atoms with Gasteiger partial charge in [-0.2, -0.15) is 17.9 Å². The third-order valence-electron chi connectivity index (χ3n) is 5.16. The van der Waals surface area contributed by atoms with Gasteiger partial charge in [-0.05, 0) is 47.5 Å². The zero-order valence-electron chi connectivity index (χ0n) is 18.0. The van der Waals surface area contributed by atoms with E-state index in [0.717, 1.165) is 16.2 Å². The summed E-state index contributed by atoms with van der Waals surface area (Å²) in [6.45, 7) is 0. The third-order valence-corrected chi connectivity index (χ3v) is 7.46. The van der Waals surface area contributed by atoms with E-state index in [1.165, 1.54) is 19.2 Å². The number of nitrogens with one attached hydrogen (secondary N) is 1. The van der Waals surface area contributed by atoms with E-state index in [0.29, 0.717) is 29.1 Å². The first-order valence-electron chi connectivity index (χ1n) is 10.1. The second-order valence-electron chi connectivity index (χ2n) is 7.59. The number of methoxy groups -OCH3 is 1. The summed E-state index contributed by atoms with van der Waals surface area (Å²) >= 11 is 0. The van der Waals surface area contributed by atoms with E-state index in [9.17, 15) is 16.8 Å². The lowest BCUT2D eigenvalue weighted by atomic mass is 9.99. The highest BCUT2D eigenvalue weighted by Gasteiger charge is 2.37. The molecule has 0 aromatic heterocycles. The molecular formula is C23H23N3O5S2. The lowest BCUT2D eigenvalue weighted by Crippen LogP contribution is -2.27. The summed E-state index contributed by atoms with van der Waals surface area (Å²) in [4.78, 5) is 0.0988. The lowest BCUT2D eigenvalue weighted by molar-refractivity contribution is 0.371. The molecule has 0 saturated heterocycles. The quantitative estimate of drug-likeness (QED) is 0.550. The molecule has 4 rings (SSSR count). The molecule has 8 nitrogen and oxygen atoms in total. The Kier molecular flexibility index (Phi) is 6.13. The average Bonchev–Trinajstić information content (AvgIpc) is 3.25. The van der Waals surface area contributed by atoms with E-state index < -0.39 is 26.1 Å². The van der Waals surface area contributed by atoms with Gasteiger partial charge >= 0.3 is 0 Å². The fourth-order valence-corrected chi connectivity index (χ4v) is 5.63. The molecule has 0 radical (unpaired) electrons. The lowest BCUT2D eigenvalue weighted by Gasteiger charge is -2.23. The molecule has 0 unspecified atom stereocenters.